The third kappa shape index (κ3) is 6.27. The van der Waals surface area contributed by atoms with E-state index >= 15 is 0 Å². The number of carbonyl (C=O) groups excluding carboxylic acids is 1. The molecule has 0 fully saturated rings. The van der Waals surface area contributed by atoms with Crippen LogP contribution in [0.25, 0.3) is 11.3 Å². The van der Waals surface area contributed by atoms with Gasteiger partial charge in [0.1, 0.15) is 29.2 Å². The molecule has 2 N–H and O–H groups in total. The molecule has 0 saturated heterocycles. The van der Waals surface area contributed by atoms with E-state index in [0.717, 1.165) is 16.2 Å². The fourth-order valence-corrected chi connectivity index (χ4v) is 4.72. The molecule has 2 heterocycles. The second kappa shape index (κ2) is 11.7. The summed E-state index contributed by atoms with van der Waals surface area (Å²) in [6.45, 7) is 0.303. The second-order valence-corrected chi connectivity index (χ2v) is 9.83. The Morgan fingerprint density at radius 1 is 1.08 bits per heavy atom. The Morgan fingerprint density at radius 3 is 2.56 bits per heavy atom. The number of thioether (sulfide) groups is 1. The lowest BCUT2D eigenvalue weighted by Gasteiger charge is -2.25. The maximum atomic E-state index is 12.9. The molecule has 5 rings (SSSR count). The Kier molecular flexibility index (Phi) is 7.90. The van der Waals surface area contributed by atoms with E-state index < -0.39 is 12.3 Å². The normalized spacial score (nSPS) is 14.1. The SMILES string of the molecule is CSc1ccc(-c2cccc(NC(=O)c3ccc(Oc4cc5c(cc4Cl)C(OC(=O)O)CCO5)cc3)n2)cc1. The quantitative estimate of drug-likeness (QED) is 0.174. The predicted molar refractivity (Wildman–Crippen MR) is 149 cm³/mol. The van der Waals surface area contributed by atoms with Crippen molar-refractivity contribution in [2.45, 2.75) is 17.4 Å². The number of nitrogens with one attached hydrogen (secondary N) is 1. The number of anilines is 1. The number of rotatable bonds is 7. The van der Waals surface area contributed by atoms with Gasteiger partial charge in [0.15, 0.2) is 0 Å². The van der Waals surface area contributed by atoms with Gasteiger partial charge in [0.25, 0.3) is 5.91 Å². The number of hydrogen-bond donors (Lipinski definition) is 2. The molecule has 4 aromatic rings. The zero-order valence-electron chi connectivity index (χ0n) is 20.7. The predicted octanol–water partition coefficient (Wildman–Crippen LogP) is 7.69. The molecular weight excluding hydrogens is 540 g/mol. The van der Waals surface area contributed by atoms with Crippen molar-refractivity contribution in [2.75, 3.05) is 18.2 Å². The molecule has 198 valence electrons. The monoisotopic (exact) mass is 562 g/mol. The highest BCUT2D eigenvalue weighted by Crippen LogP contribution is 2.42. The molecule has 0 bridgehead atoms. The van der Waals surface area contributed by atoms with Gasteiger partial charge in [0, 0.05) is 34.1 Å². The minimum atomic E-state index is -1.36. The summed E-state index contributed by atoms with van der Waals surface area (Å²) in [7, 11) is 0. The van der Waals surface area contributed by atoms with Crippen LogP contribution in [0.15, 0.2) is 83.8 Å². The standard InChI is InChI=1S/C29H23ClN2O6S/c1-39-20-11-7-17(8-12-20)23-3-2-4-27(31-23)32-28(33)18-5-9-19(10-6-18)37-26-16-25-21(15-22(26)30)24(13-14-36-25)38-29(34)35/h2-12,15-16,24H,13-14H2,1H3,(H,34,35)(H,31,32,33). The van der Waals surface area contributed by atoms with E-state index in [1.165, 1.54) is 0 Å². The summed E-state index contributed by atoms with van der Waals surface area (Å²) in [5, 5.41) is 12.1. The van der Waals surface area contributed by atoms with Crippen molar-refractivity contribution in [1.82, 2.24) is 4.98 Å². The Labute approximate surface area is 233 Å². The molecule has 1 unspecified atom stereocenters. The number of pyridine rings is 1. The Morgan fingerprint density at radius 2 is 1.85 bits per heavy atom. The van der Waals surface area contributed by atoms with Gasteiger partial charge in [-0.1, -0.05) is 29.8 Å². The first kappa shape index (κ1) is 26.4. The Balaban J connectivity index is 1.26. The van der Waals surface area contributed by atoms with Gasteiger partial charge in [0.05, 0.1) is 17.3 Å². The lowest BCUT2D eigenvalue weighted by atomic mass is 10.0. The first-order valence-electron chi connectivity index (χ1n) is 12.0. The van der Waals surface area contributed by atoms with Crippen LogP contribution in [-0.4, -0.2) is 35.0 Å². The number of carbonyl (C=O) groups is 2. The van der Waals surface area contributed by atoms with Gasteiger partial charge in [-0.15, -0.1) is 11.8 Å². The molecule has 1 aliphatic heterocycles. The van der Waals surface area contributed by atoms with Crippen molar-refractivity contribution in [3.8, 4) is 28.5 Å². The molecule has 1 aromatic heterocycles. The first-order valence-corrected chi connectivity index (χ1v) is 13.6. The van der Waals surface area contributed by atoms with Crippen LogP contribution in [0.5, 0.6) is 17.2 Å². The summed E-state index contributed by atoms with van der Waals surface area (Å²) in [5.41, 5.74) is 2.69. The molecule has 0 spiro atoms. The fraction of sp³-hybridized carbons (Fsp3) is 0.138. The molecule has 8 nitrogen and oxygen atoms in total. The molecule has 0 aliphatic carbocycles. The number of aromatic nitrogens is 1. The van der Waals surface area contributed by atoms with Crippen molar-refractivity contribution >= 4 is 41.2 Å². The van der Waals surface area contributed by atoms with Crippen molar-refractivity contribution in [3.63, 3.8) is 0 Å². The van der Waals surface area contributed by atoms with Crippen LogP contribution in [0.3, 0.4) is 0 Å². The van der Waals surface area contributed by atoms with Crippen LogP contribution >= 0.6 is 23.4 Å². The summed E-state index contributed by atoms with van der Waals surface area (Å²) in [4.78, 5) is 29.6. The average Bonchev–Trinajstić information content (AvgIpc) is 2.94. The van der Waals surface area contributed by atoms with Crippen molar-refractivity contribution in [1.29, 1.82) is 0 Å². The Hall–Kier alpha value is -4.21. The van der Waals surface area contributed by atoms with Crippen molar-refractivity contribution < 1.29 is 28.9 Å². The van der Waals surface area contributed by atoms with Gasteiger partial charge in [-0.25, -0.2) is 9.78 Å². The minimum absolute atomic E-state index is 0.272. The lowest BCUT2D eigenvalue weighted by Crippen LogP contribution is -2.18. The molecule has 1 atom stereocenters. The number of carboxylic acid groups (broad SMARTS) is 1. The van der Waals surface area contributed by atoms with Gasteiger partial charge < -0.3 is 24.6 Å². The third-order valence-electron chi connectivity index (χ3n) is 6.01. The average molecular weight is 563 g/mol. The van der Waals surface area contributed by atoms with E-state index in [0.29, 0.717) is 47.2 Å². The number of amides is 1. The fourth-order valence-electron chi connectivity index (χ4n) is 4.10. The van der Waals surface area contributed by atoms with E-state index in [1.54, 1.807) is 54.2 Å². The van der Waals surface area contributed by atoms with Crippen LogP contribution in [0.2, 0.25) is 5.02 Å². The Bertz CT molecular complexity index is 1510. The summed E-state index contributed by atoms with van der Waals surface area (Å²) < 4.78 is 16.5. The largest absolute Gasteiger partial charge is 0.506 e. The maximum Gasteiger partial charge on any atom is 0.506 e. The van der Waals surface area contributed by atoms with E-state index in [1.807, 2.05) is 42.7 Å². The molecule has 1 aliphatic rings. The lowest BCUT2D eigenvalue weighted by molar-refractivity contribution is 0.0326. The van der Waals surface area contributed by atoms with Crippen LogP contribution < -0.4 is 14.8 Å². The number of benzene rings is 3. The number of hydrogen-bond acceptors (Lipinski definition) is 7. The second-order valence-electron chi connectivity index (χ2n) is 8.55. The van der Waals surface area contributed by atoms with Crippen LogP contribution in [-0.2, 0) is 4.74 Å². The van der Waals surface area contributed by atoms with Gasteiger partial charge in [-0.05, 0) is 60.9 Å². The van der Waals surface area contributed by atoms with E-state index in [4.69, 9.17) is 30.9 Å². The molecule has 3 aromatic carbocycles. The molecule has 1 amide bonds. The van der Waals surface area contributed by atoms with Crippen LogP contribution in [0.4, 0.5) is 10.6 Å². The smallest absolute Gasteiger partial charge is 0.493 e. The summed E-state index contributed by atoms with van der Waals surface area (Å²) >= 11 is 8.07. The van der Waals surface area contributed by atoms with Crippen molar-refractivity contribution in [3.05, 3.63) is 95.0 Å². The highest BCUT2D eigenvalue weighted by Gasteiger charge is 2.27. The van der Waals surface area contributed by atoms with Gasteiger partial charge >= 0.3 is 6.16 Å². The van der Waals surface area contributed by atoms with E-state index in [2.05, 4.69) is 10.3 Å². The van der Waals surface area contributed by atoms with E-state index in [-0.39, 0.29) is 10.9 Å². The van der Waals surface area contributed by atoms with Gasteiger partial charge in [0.2, 0.25) is 0 Å². The third-order valence-corrected chi connectivity index (χ3v) is 7.05. The number of halogens is 1. The van der Waals surface area contributed by atoms with Gasteiger partial charge in [-0.2, -0.15) is 0 Å². The van der Waals surface area contributed by atoms with Crippen LogP contribution in [0, 0.1) is 0 Å². The molecular formula is C29H23ClN2O6S. The van der Waals surface area contributed by atoms with Gasteiger partial charge in [-0.3, -0.25) is 4.79 Å². The summed E-state index contributed by atoms with van der Waals surface area (Å²) in [6, 6.07) is 23.3. The molecule has 0 saturated carbocycles. The topological polar surface area (TPSA) is 107 Å². The summed E-state index contributed by atoms with van der Waals surface area (Å²) in [6.07, 6.45) is 0.394. The molecule has 39 heavy (non-hydrogen) atoms. The highest BCUT2D eigenvalue weighted by molar-refractivity contribution is 7.98. The zero-order valence-corrected chi connectivity index (χ0v) is 22.3. The maximum absolute atomic E-state index is 12.9. The highest BCUT2D eigenvalue weighted by atomic mass is 35.5. The summed E-state index contributed by atoms with van der Waals surface area (Å²) in [5.74, 6) is 1.36. The first-order chi connectivity index (χ1) is 18.9. The number of fused-ring (bicyclic) bond motifs is 1. The molecule has 10 heteroatoms. The molecule has 0 radical (unpaired) electrons. The number of nitrogens with zero attached hydrogens (tertiary/aromatic N) is 1. The number of ether oxygens (including phenoxy) is 3. The zero-order chi connectivity index (χ0) is 27.4. The van der Waals surface area contributed by atoms with Crippen molar-refractivity contribution in [2.24, 2.45) is 0 Å². The van der Waals surface area contributed by atoms with Crippen LogP contribution in [0.1, 0.15) is 28.4 Å². The minimum Gasteiger partial charge on any atom is -0.493 e. The van der Waals surface area contributed by atoms with E-state index in [9.17, 15) is 9.59 Å².